The number of aromatic amines is 1. The van der Waals surface area contributed by atoms with Crippen molar-refractivity contribution in [3.8, 4) is 0 Å². The molecule has 0 fully saturated rings. The number of carbonyl (C=O) groups excluding carboxylic acids is 1. The summed E-state index contributed by atoms with van der Waals surface area (Å²) in [7, 11) is 0. The molecule has 0 saturated heterocycles. The van der Waals surface area contributed by atoms with Crippen LogP contribution in [0.3, 0.4) is 0 Å². The van der Waals surface area contributed by atoms with Crippen LogP contribution in [0.4, 0.5) is 11.5 Å². The third-order valence-corrected chi connectivity index (χ3v) is 5.01. The van der Waals surface area contributed by atoms with Gasteiger partial charge in [-0.1, -0.05) is 60.1 Å². The molecular formula is C23H34N4O3. The molecule has 30 heavy (non-hydrogen) atoms. The second kappa shape index (κ2) is 9.32. The van der Waals surface area contributed by atoms with Gasteiger partial charge < -0.3 is 10.6 Å². The standard InChI is InChI=1S/C23H34N4O3/c1-7-8-13-26-19(24)18(20(28)25-22(26)30)27(14-15(2)3)21(29)16-9-11-17(12-10-16)23(4,5)6/h9-12,15H,7-8,13-14,24H2,1-6H3,(H,25,28,30). The van der Waals surface area contributed by atoms with Crippen LogP contribution in [0.1, 0.15) is 70.3 Å². The first-order valence-electron chi connectivity index (χ1n) is 10.5. The highest BCUT2D eigenvalue weighted by Crippen LogP contribution is 2.25. The lowest BCUT2D eigenvalue weighted by atomic mass is 9.86. The van der Waals surface area contributed by atoms with E-state index in [-0.39, 0.29) is 28.7 Å². The fourth-order valence-corrected chi connectivity index (χ4v) is 3.29. The van der Waals surface area contributed by atoms with E-state index in [1.807, 2.05) is 32.9 Å². The molecule has 0 radical (unpaired) electrons. The van der Waals surface area contributed by atoms with Gasteiger partial charge in [0.05, 0.1) is 0 Å². The predicted octanol–water partition coefficient (Wildman–Crippen LogP) is 3.52. The number of anilines is 2. The number of carbonyl (C=O) groups is 1. The fraction of sp³-hybridized carbons (Fsp3) is 0.522. The van der Waals surface area contributed by atoms with Gasteiger partial charge in [-0.25, -0.2) is 4.79 Å². The number of nitrogens with two attached hydrogens (primary N) is 1. The van der Waals surface area contributed by atoms with E-state index < -0.39 is 11.2 Å². The van der Waals surface area contributed by atoms with Crippen LogP contribution >= 0.6 is 0 Å². The highest BCUT2D eigenvalue weighted by atomic mass is 16.2. The predicted molar refractivity (Wildman–Crippen MR) is 122 cm³/mol. The van der Waals surface area contributed by atoms with Crippen molar-refractivity contribution in [3.05, 3.63) is 56.2 Å². The fourth-order valence-electron chi connectivity index (χ4n) is 3.29. The normalized spacial score (nSPS) is 11.7. The lowest BCUT2D eigenvalue weighted by Crippen LogP contribution is -2.42. The van der Waals surface area contributed by atoms with Crippen LogP contribution in [0.2, 0.25) is 0 Å². The van der Waals surface area contributed by atoms with E-state index in [2.05, 4.69) is 25.8 Å². The van der Waals surface area contributed by atoms with Crippen LogP contribution in [0.5, 0.6) is 0 Å². The van der Waals surface area contributed by atoms with Crippen molar-refractivity contribution in [2.45, 2.75) is 66.3 Å². The largest absolute Gasteiger partial charge is 0.383 e. The molecule has 0 atom stereocenters. The minimum Gasteiger partial charge on any atom is -0.383 e. The number of H-pyrrole nitrogens is 1. The summed E-state index contributed by atoms with van der Waals surface area (Å²) >= 11 is 0. The van der Waals surface area contributed by atoms with Gasteiger partial charge in [-0.05, 0) is 35.4 Å². The smallest absolute Gasteiger partial charge is 0.330 e. The SMILES string of the molecule is CCCCn1c(N)c(N(CC(C)C)C(=O)c2ccc(C(C)(C)C)cc2)c(=O)[nH]c1=O. The van der Waals surface area contributed by atoms with Crippen molar-refractivity contribution in [1.29, 1.82) is 0 Å². The third kappa shape index (κ3) is 5.20. The molecule has 1 heterocycles. The van der Waals surface area contributed by atoms with E-state index >= 15 is 0 Å². The topological polar surface area (TPSA) is 101 Å². The van der Waals surface area contributed by atoms with Crippen LogP contribution in [0.25, 0.3) is 0 Å². The first-order valence-corrected chi connectivity index (χ1v) is 10.5. The maximum Gasteiger partial charge on any atom is 0.330 e. The zero-order valence-electron chi connectivity index (χ0n) is 18.9. The molecule has 0 aliphatic heterocycles. The number of nitrogens with zero attached hydrogens (tertiary/aromatic N) is 2. The van der Waals surface area contributed by atoms with Crippen LogP contribution < -0.4 is 21.9 Å². The molecule has 7 heteroatoms. The Labute approximate surface area is 177 Å². The Morgan fingerprint density at radius 2 is 1.77 bits per heavy atom. The summed E-state index contributed by atoms with van der Waals surface area (Å²) in [5, 5.41) is 0. The molecular weight excluding hydrogens is 380 g/mol. The summed E-state index contributed by atoms with van der Waals surface area (Å²) in [6.07, 6.45) is 1.61. The van der Waals surface area contributed by atoms with E-state index in [0.717, 1.165) is 18.4 Å². The number of rotatable bonds is 7. The summed E-state index contributed by atoms with van der Waals surface area (Å²) in [5.74, 6) is -0.197. The average Bonchev–Trinajstić information content (AvgIpc) is 2.65. The van der Waals surface area contributed by atoms with Crippen molar-refractivity contribution in [2.75, 3.05) is 17.2 Å². The second-order valence-electron chi connectivity index (χ2n) is 9.14. The van der Waals surface area contributed by atoms with E-state index in [0.29, 0.717) is 18.7 Å². The molecule has 0 unspecified atom stereocenters. The highest BCUT2D eigenvalue weighted by molar-refractivity contribution is 6.07. The number of hydrogen-bond acceptors (Lipinski definition) is 4. The summed E-state index contributed by atoms with van der Waals surface area (Å²) < 4.78 is 1.34. The molecule has 7 nitrogen and oxygen atoms in total. The molecule has 0 saturated carbocycles. The molecule has 1 aromatic carbocycles. The summed E-state index contributed by atoms with van der Waals surface area (Å²) in [4.78, 5) is 42.1. The van der Waals surface area contributed by atoms with Crippen LogP contribution in [0, 0.1) is 5.92 Å². The van der Waals surface area contributed by atoms with Crippen molar-refractivity contribution in [3.63, 3.8) is 0 Å². The molecule has 0 aliphatic carbocycles. The van der Waals surface area contributed by atoms with Gasteiger partial charge in [0.15, 0.2) is 5.69 Å². The lowest BCUT2D eigenvalue weighted by Gasteiger charge is -2.26. The van der Waals surface area contributed by atoms with Crippen LogP contribution in [-0.4, -0.2) is 22.0 Å². The molecule has 164 valence electrons. The van der Waals surface area contributed by atoms with Gasteiger partial charge in [-0.3, -0.25) is 19.1 Å². The highest BCUT2D eigenvalue weighted by Gasteiger charge is 2.26. The Balaban J connectivity index is 2.56. The number of hydrogen-bond donors (Lipinski definition) is 2. The maximum absolute atomic E-state index is 13.4. The van der Waals surface area contributed by atoms with Crippen molar-refractivity contribution in [2.24, 2.45) is 5.92 Å². The Kier molecular flexibility index (Phi) is 7.29. The quantitative estimate of drug-likeness (QED) is 0.724. The van der Waals surface area contributed by atoms with Gasteiger partial charge in [0, 0.05) is 18.7 Å². The van der Waals surface area contributed by atoms with E-state index in [1.165, 1.54) is 9.47 Å². The maximum atomic E-state index is 13.4. The Morgan fingerprint density at radius 3 is 2.27 bits per heavy atom. The summed E-state index contributed by atoms with van der Waals surface area (Å²) in [6, 6.07) is 7.40. The van der Waals surface area contributed by atoms with Gasteiger partial charge in [-0.2, -0.15) is 0 Å². The number of nitrogen functional groups attached to an aromatic ring is 1. The monoisotopic (exact) mass is 414 g/mol. The molecule has 2 aromatic rings. The van der Waals surface area contributed by atoms with Gasteiger partial charge >= 0.3 is 5.69 Å². The first kappa shape index (κ1) is 23.4. The molecule has 3 N–H and O–H groups in total. The van der Waals surface area contributed by atoms with Crippen molar-refractivity contribution in [1.82, 2.24) is 9.55 Å². The van der Waals surface area contributed by atoms with Gasteiger partial charge in [0.1, 0.15) is 5.82 Å². The lowest BCUT2D eigenvalue weighted by molar-refractivity contribution is 0.0983. The van der Waals surface area contributed by atoms with Gasteiger partial charge in [0.2, 0.25) is 0 Å². The molecule has 1 aromatic heterocycles. The Morgan fingerprint density at radius 1 is 1.17 bits per heavy atom. The van der Waals surface area contributed by atoms with Crippen molar-refractivity contribution >= 4 is 17.4 Å². The summed E-state index contributed by atoms with van der Waals surface area (Å²) in [5.41, 5.74) is 6.62. The number of amides is 1. The molecule has 0 spiro atoms. The zero-order valence-corrected chi connectivity index (χ0v) is 18.9. The van der Waals surface area contributed by atoms with Crippen LogP contribution in [-0.2, 0) is 12.0 Å². The Hall–Kier alpha value is -2.83. The molecule has 0 aliphatic rings. The van der Waals surface area contributed by atoms with E-state index in [9.17, 15) is 14.4 Å². The third-order valence-electron chi connectivity index (χ3n) is 5.01. The first-order chi connectivity index (χ1) is 14.0. The molecule has 2 rings (SSSR count). The van der Waals surface area contributed by atoms with Gasteiger partial charge in [0.25, 0.3) is 11.5 Å². The number of aromatic nitrogens is 2. The van der Waals surface area contributed by atoms with E-state index in [4.69, 9.17) is 5.73 Å². The van der Waals surface area contributed by atoms with Gasteiger partial charge in [-0.15, -0.1) is 0 Å². The van der Waals surface area contributed by atoms with Crippen molar-refractivity contribution < 1.29 is 4.79 Å². The average molecular weight is 415 g/mol. The number of benzene rings is 1. The molecule has 1 amide bonds. The van der Waals surface area contributed by atoms with E-state index in [1.54, 1.807) is 12.1 Å². The minimum atomic E-state index is -0.648. The Bertz CT molecular complexity index is 995. The van der Waals surface area contributed by atoms with Crippen LogP contribution in [0.15, 0.2) is 33.9 Å². The number of unbranched alkanes of at least 4 members (excludes halogenated alkanes) is 1. The summed E-state index contributed by atoms with van der Waals surface area (Å²) in [6.45, 7) is 12.9. The minimum absolute atomic E-state index is 0.0255. The zero-order chi connectivity index (χ0) is 22.6. The second-order valence-corrected chi connectivity index (χ2v) is 9.14. The number of nitrogens with one attached hydrogen (secondary N) is 1. The molecule has 0 bridgehead atoms.